The van der Waals surface area contributed by atoms with Gasteiger partial charge in [-0.1, -0.05) is 29.8 Å². The van der Waals surface area contributed by atoms with E-state index in [2.05, 4.69) is 36.5 Å². The normalized spacial score (nSPS) is 34.8. The molecular weight excluding hydrogens is 232 g/mol. The number of hydrogen-bond donors (Lipinski definition) is 2. The smallest absolute Gasteiger partial charge is 0.00813 e. The van der Waals surface area contributed by atoms with Gasteiger partial charge in [0.2, 0.25) is 0 Å². The standard InChI is InChI=1S/C17H26N2/c1-12-2-4-13(5-3-12)14-10-17(11-14)19-16-8-6-15(18)7-9-16/h2-5,14-17,19H,6-11,18H2,1H3. The minimum atomic E-state index is 0.458. The lowest BCUT2D eigenvalue weighted by Gasteiger charge is -2.40. The molecule has 104 valence electrons. The highest BCUT2D eigenvalue weighted by Crippen LogP contribution is 2.37. The zero-order valence-corrected chi connectivity index (χ0v) is 11.9. The molecule has 1 aromatic rings. The molecule has 2 fully saturated rings. The Labute approximate surface area is 116 Å². The molecule has 0 aliphatic heterocycles. The summed E-state index contributed by atoms with van der Waals surface area (Å²) in [4.78, 5) is 0. The third kappa shape index (κ3) is 3.18. The molecular formula is C17H26N2. The molecule has 3 N–H and O–H groups in total. The van der Waals surface area contributed by atoms with Crippen molar-refractivity contribution in [2.45, 2.75) is 69.5 Å². The van der Waals surface area contributed by atoms with Gasteiger partial charge in [-0.15, -0.1) is 0 Å². The molecule has 0 saturated heterocycles. The molecule has 2 aliphatic carbocycles. The van der Waals surface area contributed by atoms with E-state index in [9.17, 15) is 0 Å². The number of rotatable bonds is 3. The molecule has 3 rings (SSSR count). The lowest BCUT2D eigenvalue weighted by Crippen LogP contribution is -2.47. The van der Waals surface area contributed by atoms with Crippen LogP contribution in [0.1, 0.15) is 55.6 Å². The summed E-state index contributed by atoms with van der Waals surface area (Å²) in [6.07, 6.45) is 7.56. The highest BCUT2D eigenvalue weighted by Gasteiger charge is 2.32. The summed E-state index contributed by atoms with van der Waals surface area (Å²) < 4.78 is 0. The van der Waals surface area contributed by atoms with Gasteiger partial charge in [-0.2, -0.15) is 0 Å². The van der Waals surface area contributed by atoms with E-state index in [1.807, 2.05) is 0 Å². The second kappa shape index (κ2) is 5.64. The first kappa shape index (κ1) is 13.1. The van der Waals surface area contributed by atoms with E-state index in [-0.39, 0.29) is 0 Å². The van der Waals surface area contributed by atoms with Gasteiger partial charge in [0.15, 0.2) is 0 Å². The van der Waals surface area contributed by atoms with Gasteiger partial charge < -0.3 is 11.1 Å². The Hall–Kier alpha value is -0.860. The molecule has 19 heavy (non-hydrogen) atoms. The van der Waals surface area contributed by atoms with Crippen LogP contribution < -0.4 is 11.1 Å². The quantitative estimate of drug-likeness (QED) is 0.874. The summed E-state index contributed by atoms with van der Waals surface area (Å²) in [6.45, 7) is 2.16. The van der Waals surface area contributed by atoms with Gasteiger partial charge in [0.25, 0.3) is 0 Å². The van der Waals surface area contributed by atoms with E-state index in [0.717, 1.165) is 18.0 Å². The Morgan fingerprint density at radius 2 is 1.58 bits per heavy atom. The van der Waals surface area contributed by atoms with Gasteiger partial charge in [-0.3, -0.25) is 0 Å². The van der Waals surface area contributed by atoms with Crippen LogP contribution in [0.25, 0.3) is 0 Å². The van der Waals surface area contributed by atoms with Crippen molar-refractivity contribution < 1.29 is 0 Å². The molecule has 0 atom stereocenters. The Kier molecular flexibility index (Phi) is 3.90. The Balaban J connectivity index is 1.44. The second-order valence-corrected chi connectivity index (χ2v) is 6.55. The first-order valence-corrected chi connectivity index (χ1v) is 7.79. The molecule has 0 amide bonds. The molecule has 0 unspecified atom stereocenters. The molecule has 0 bridgehead atoms. The van der Waals surface area contributed by atoms with E-state index in [4.69, 9.17) is 5.73 Å². The summed E-state index contributed by atoms with van der Waals surface area (Å²) in [7, 11) is 0. The average molecular weight is 258 g/mol. The van der Waals surface area contributed by atoms with E-state index < -0.39 is 0 Å². The fourth-order valence-electron chi connectivity index (χ4n) is 3.48. The Morgan fingerprint density at radius 3 is 2.21 bits per heavy atom. The molecule has 0 spiro atoms. The third-order valence-electron chi connectivity index (χ3n) is 4.93. The highest BCUT2D eigenvalue weighted by atomic mass is 15.0. The highest BCUT2D eigenvalue weighted by molar-refractivity contribution is 5.26. The fraction of sp³-hybridized carbons (Fsp3) is 0.647. The molecule has 2 nitrogen and oxygen atoms in total. The number of hydrogen-bond acceptors (Lipinski definition) is 2. The van der Waals surface area contributed by atoms with Crippen LogP contribution in [0.4, 0.5) is 0 Å². The maximum Gasteiger partial charge on any atom is 0.00813 e. The predicted octanol–water partition coefficient (Wildman–Crippen LogP) is 3.10. The first-order valence-electron chi connectivity index (χ1n) is 7.79. The molecule has 1 aromatic carbocycles. The van der Waals surface area contributed by atoms with Crippen molar-refractivity contribution in [3.8, 4) is 0 Å². The second-order valence-electron chi connectivity index (χ2n) is 6.55. The van der Waals surface area contributed by atoms with Crippen LogP contribution in [-0.4, -0.2) is 18.1 Å². The zero-order chi connectivity index (χ0) is 13.2. The van der Waals surface area contributed by atoms with Crippen LogP contribution >= 0.6 is 0 Å². The Morgan fingerprint density at radius 1 is 0.947 bits per heavy atom. The fourth-order valence-corrected chi connectivity index (χ4v) is 3.48. The molecule has 0 radical (unpaired) electrons. The van der Waals surface area contributed by atoms with Gasteiger partial charge in [0.1, 0.15) is 0 Å². The van der Waals surface area contributed by atoms with Crippen molar-refractivity contribution in [2.75, 3.05) is 0 Å². The van der Waals surface area contributed by atoms with Crippen LogP contribution in [0.3, 0.4) is 0 Å². The molecule has 0 heterocycles. The minimum Gasteiger partial charge on any atom is -0.328 e. The van der Waals surface area contributed by atoms with Gasteiger partial charge in [-0.25, -0.2) is 0 Å². The largest absolute Gasteiger partial charge is 0.328 e. The van der Waals surface area contributed by atoms with Gasteiger partial charge in [0.05, 0.1) is 0 Å². The molecule has 2 saturated carbocycles. The lowest BCUT2D eigenvalue weighted by molar-refractivity contribution is 0.232. The number of nitrogens with two attached hydrogens (primary N) is 1. The minimum absolute atomic E-state index is 0.458. The summed E-state index contributed by atoms with van der Waals surface area (Å²) in [5.41, 5.74) is 8.84. The first-order chi connectivity index (χ1) is 9.20. The predicted molar refractivity (Wildman–Crippen MR) is 80.3 cm³/mol. The monoisotopic (exact) mass is 258 g/mol. The summed E-state index contributed by atoms with van der Waals surface area (Å²) in [6, 6.07) is 11.0. The Bertz CT molecular complexity index is 398. The zero-order valence-electron chi connectivity index (χ0n) is 11.9. The SMILES string of the molecule is Cc1ccc(C2CC(NC3CCC(N)CC3)C2)cc1. The molecule has 2 heteroatoms. The summed E-state index contributed by atoms with van der Waals surface area (Å²) in [5, 5.41) is 3.83. The van der Waals surface area contributed by atoms with E-state index in [1.54, 1.807) is 0 Å². The van der Waals surface area contributed by atoms with Crippen molar-refractivity contribution in [2.24, 2.45) is 5.73 Å². The average Bonchev–Trinajstić information content (AvgIpc) is 2.37. The van der Waals surface area contributed by atoms with E-state index in [1.165, 1.54) is 49.7 Å². The van der Waals surface area contributed by atoms with E-state index >= 15 is 0 Å². The molecule has 2 aliphatic rings. The van der Waals surface area contributed by atoms with E-state index in [0.29, 0.717) is 6.04 Å². The van der Waals surface area contributed by atoms with Crippen LogP contribution in [0.2, 0.25) is 0 Å². The molecule has 0 aromatic heterocycles. The summed E-state index contributed by atoms with van der Waals surface area (Å²) in [5.74, 6) is 0.781. The summed E-state index contributed by atoms with van der Waals surface area (Å²) >= 11 is 0. The topological polar surface area (TPSA) is 38.0 Å². The van der Waals surface area contributed by atoms with Crippen molar-refractivity contribution >= 4 is 0 Å². The van der Waals surface area contributed by atoms with Crippen LogP contribution in [-0.2, 0) is 0 Å². The maximum absolute atomic E-state index is 5.96. The lowest BCUT2D eigenvalue weighted by atomic mass is 9.75. The third-order valence-corrected chi connectivity index (χ3v) is 4.93. The van der Waals surface area contributed by atoms with Gasteiger partial charge in [0, 0.05) is 18.1 Å². The van der Waals surface area contributed by atoms with Crippen LogP contribution in [0.15, 0.2) is 24.3 Å². The maximum atomic E-state index is 5.96. The van der Waals surface area contributed by atoms with Crippen molar-refractivity contribution in [3.05, 3.63) is 35.4 Å². The van der Waals surface area contributed by atoms with Gasteiger partial charge in [-0.05, 0) is 56.9 Å². The number of aryl methyl sites for hydroxylation is 1. The number of nitrogens with one attached hydrogen (secondary N) is 1. The van der Waals surface area contributed by atoms with Gasteiger partial charge >= 0.3 is 0 Å². The van der Waals surface area contributed by atoms with Crippen LogP contribution in [0.5, 0.6) is 0 Å². The van der Waals surface area contributed by atoms with Crippen molar-refractivity contribution in [1.29, 1.82) is 0 Å². The van der Waals surface area contributed by atoms with Crippen LogP contribution in [0, 0.1) is 6.92 Å². The number of benzene rings is 1. The van der Waals surface area contributed by atoms with Crippen molar-refractivity contribution in [1.82, 2.24) is 5.32 Å². The van der Waals surface area contributed by atoms with Crippen molar-refractivity contribution in [3.63, 3.8) is 0 Å².